The number of methoxy groups -OCH3 is 1. The highest BCUT2D eigenvalue weighted by atomic mass is 35.5. The number of carbonyl (C=O) groups excluding carboxylic acids is 2. The second-order valence-electron chi connectivity index (χ2n) is 9.26. The van der Waals surface area contributed by atoms with Gasteiger partial charge in [0.15, 0.2) is 0 Å². The SMILES string of the molecule is COC(=O)CC1CCC(c2csc3c(-c4ccc(NC(=O)Nc5cccc(Cl)c5)cc4)ncnc23)CC1. The van der Waals surface area contributed by atoms with E-state index in [1.807, 2.05) is 24.3 Å². The summed E-state index contributed by atoms with van der Waals surface area (Å²) in [7, 11) is 1.45. The number of rotatable bonds is 6. The van der Waals surface area contributed by atoms with Gasteiger partial charge in [-0.05, 0) is 78.8 Å². The van der Waals surface area contributed by atoms with Gasteiger partial charge in [-0.2, -0.15) is 0 Å². The third-order valence-corrected chi connectivity index (χ3v) is 8.08. The lowest BCUT2D eigenvalue weighted by Gasteiger charge is -2.27. The lowest BCUT2D eigenvalue weighted by atomic mass is 9.78. The molecule has 0 atom stereocenters. The molecule has 0 unspecified atom stereocenters. The van der Waals surface area contributed by atoms with E-state index in [4.69, 9.17) is 16.3 Å². The predicted molar refractivity (Wildman–Crippen MR) is 148 cm³/mol. The monoisotopic (exact) mass is 534 g/mol. The molecule has 0 radical (unpaired) electrons. The van der Waals surface area contributed by atoms with Gasteiger partial charge in [0.05, 0.1) is 23.0 Å². The van der Waals surface area contributed by atoms with Gasteiger partial charge in [-0.25, -0.2) is 14.8 Å². The lowest BCUT2D eigenvalue weighted by molar-refractivity contribution is -0.142. The molecule has 2 aromatic heterocycles. The first-order valence-electron chi connectivity index (χ1n) is 12.2. The number of carbonyl (C=O) groups is 2. The molecule has 0 aliphatic heterocycles. The van der Waals surface area contributed by atoms with Crippen molar-refractivity contribution in [3.05, 3.63) is 70.8 Å². The fourth-order valence-corrected chi connectivity index (χ4v) is 6.24. The second-order valence-corrected chi connectivity index (χ2v) is 10.6. The van der Waals surface area contributed by atoms with Gasteiger partial charge in [0, 0.05) is 28.4 Å². The zero-order valence-corrected chi connectivity index (χ0v) is 21.9. The van der Waals surface area contributed by atoms with Crippen LogP contribution < -0.4 is 10.6 Å². The Morgan fingerprint density at radius 1 is 1.03 bits per heavy atom. The Labute approximate surface area is 224 Å². The molecule has 190 valence electrons. The average Bonchev–Trinajstić information content (AvgIpc) is 3.34. The highest BCUT2D eigenvalue weighted by molar-refractivity contribution is 7.17. The fraction of sp³-hybridized carbons (Fsp3) is 0.286. The minimum absolute atomic E-state index is 0.121. The molecule has 37 heavy (non-hydrogen) atoms. The topological polar surface area (TPSA) is 93.2 Å². The van der Waals surface area contributed by atoms with Crippen molar-refractivity contribution in [1.82, 2.24) is 9.97 Å². The number of anilines is 2. The highest BCUT2D eigenvalue weighted by Crippen LogP contribution is 2.42. The summed E-state index contributed by atoms with van der Waals surface area (Å²) in [5.41, 5.74) is 5.42. The second kappa shape index (κ2) is 11.3. The van der Waals surface area contributed by atoms with Crippen LogP contribution in [-0.4, -0.2) is 29.1 Å². The van der Waals surface area contributed by atoms with Gasteiger partial charge >= 0.3 is 12.0 Å². The van der Waals surface area contributed by atoms with E-state index < -0.39 is 0 Å². The summed E-state index contributed by atoms with van der Waals surface area (Å²) in [5, 5.41) is 8.38. The minimum Gasteiger partial charge on any atom is -0.469 e. The lowest BCUT2D eigenvalue weighted by Crippen LogP contribution is -2.19. The van der Waals surface area contributed by atoms with E-state index in [9.17, 15) is 9.59 Å². The number of benzene rings is 2. The molecule has 5 rings (SSSR count). The number of hydrogen-bond acceptors (Lipinski definition) is 6. The van der Waals surface area contributed by atoms with E-state index in [0.717, 1.165) is 47.2 Å². The largest absolute Gasteiger partial charge is 0.469 e. The number of urea groups is 1. The van der Waals surface area contributed by atoms with Crippen LogP contribution in [0.5, 0.6) is 0 Å². The van der Waals surface area contributed by atoms with Gasteiger partial charge in [0.2, 0.25) is 0 Å². The Hall–Kier alpha value is -3.49. The zero-order chi connectivity index (χ0) is 25.8. The first kappa shape index (κ1) is 25.2. The molecule has 0 saturated heterocycles. The Morgan fingerprint density at radius 2 is 1.78 bits per heavy atom. The van der Waals surface area contributed by atoms with Gasteiger partial charge < -0.3 is 15.4 Å². The van der Waals surface area contributed by atoms with Crippen molar-refractivity contribution in [3.63, 3.8) is 0 Å². The number of nitrogens with zero attached hydrogens (tertiary/aromatic N) is 2. The van der Waals surface area contributed by atoms with Crippen LogP contribution in [-0.2, 0) is 9.53 Å². The van der Waals surface area contributed by atoms with Crippen molar-refractivity contribution in [1.29, 1.82) is 0 Å². The number of hydrogen-bond donors (Lipinski definition) is 2. The standard InChI is InChI=1S/C28H27ClN4O3S/c1-36-24(34)13-17-5-7-18(8-6-17)23-15-37-27-25(30-16-31-26(23)27)19-9-11-21(12-10-19)32-28(35)33-22-4-2-3-20(29)14-22/h2-4,9-12,14-18H,5-8,13H2,1H3,(H2,32,33,35). The number of esters is 1. The molecule has 7 nitrogen and oxygen atoms in total. The van der Waals surface area contributed by atoms with E-state index in [-0.39, 0.29) is 12.0 Å². The van der Waals surface area contributed by atoms with Crippen LogP contribution >= 0.6 is 22.9 Å². The Bertz CT molecular complexity index is 1410. The summed E-state index contributed by atoms with van der Waals surface area (Å²) in [6.07, 6.45) is 6.27. The molecule has 2 N–H and O–H groups in total. The van der Waals surface area contributed by atoms with Crippen LogP contribution in [0.4, 0.5) is 16.2 Å². The molecule has 1 fully saturated rings. The number of nitrogens with one attached hydrogen (secondary N) is 2. The van der Waals surface area contributed by atoms with Crippen LogP contribution in [0, 0.1) is 5.92 Å². The van der Waals surface area contributed by atoms with Gasteiger partial charge in [-0.1, -0.05) is 29.8 Å². The predicted octanol–water partition coefficient (Wildman–Crippen LogP) is 7.49. The van der Waals surface area contributed by atoms with E-state index in [2.05, 4.69) is 26.0 Å². The van der Waals surface area contributed by atoms with Gasteiger partial charge in [-0.15, -0.1) is 11.3 Å². The number of thiophene rings is 1. The molecule has 1 saturated carbocycles. The number of halogens is 1. The van der Waals surface area contributed by atoms with Crippen molar-refractivity contribution in [2.45, 2.75) is 38.0 Å². The Morgan fingerprint density at radius 3 is 2.51 bits per heavy atom. The number of ether oxygens (including phenoxy) is 1. The maximum atomic E-state index is 12.4. The van der Waals surface area contributed by atoms with Crippen LogP contribution in [0.2, 0.25) is 5.02 Å². The molecule has 1 aliphatic carbocycles. The van der Waals surface area contributed by atoms with Crippen LogP contribution in [0.3, 0.4) is 0 Å². The number of amides is 2. The summed E-state index contributed by atoms with van der Waals surface area (Å²) in [6.45, 7) is 0. The first-order valence-corrected chi connectivity index (χ1v) is 13.5. The summed E-state index contributed by atoms with van der Waals surface area (Å²) in [6, 6.07) is 14.3. The Kier molecular flexibility index (Phi) is 7.67. The van der Waals surface area contributed by atoms with E-state index in [1.54, 1.807) is 41.9 Å². The van der Waals surface area contributed by atoms with Gasteiger partial charge in [0.1, 0.15) is 6.33 Å². The molecule has 9 heteroatoms. The smallest absolute Gasteiger partial charge is 0.323 e. The molecule has 2 aromatic carbocycles. The van der Waals surface area contributed by atoms with E-state index in [0.29, 0.717) is 34.7 Å². The highest BCUT2D eigenvalue weighted by Gasteiger charge is 2.27. The van der Waals surface area contributed by atoms with Crippen molar-refractivity contribution < 1.29 is 14.3 Å². The third kappa shape index (κ3) is 5.92. The molecule has 4 aromatic rings. The van der Waals surface area contributed by atoms with E-state index in [1.165, 1.54) is 12.7 Å². The average molecular weight is 535 g/mol. The molecule has 2 amide bonds. The quantitative estimate of drug-likeness (QED) is 0.250. The van der Waals surface area contributed by atoms with Crippen molar-refractivity contribution >= 4 is 56.5 Å². The number of aromatic nitrogens is 2. The van der Waals surface area contributed by atoms with Crippen LogP contribution in [0.15, 0.2) is 60.2 Å². The Balaban J connectivity index is 1.27. The number of fused-ring (bicyclic) bond motifs is 1. The van der Waals surface area contributed by atoms with Crippen molar-refractivity contribution in [2.24, 2.45) is 5.92 Å². The molecular weight excluding hydrogens is 508 g/mol. The van der Waals surface area contributed by atoms with E-state index >= 15 is 0 Å². The third-order valence-electron chi connectivity index (χ3n) is 6.85. The normalized spacial score (nSPS) is 17.4. The molecular formula is C28H27ClN4O3S. The molecule has 0 bridgehead atoms. The van der Waals surface area contributed by atoms with Gasteiger partial charge in [-0.3, -0.25) is 4.79 Å². The van der Waals surface area contributed by atoms with Gasteiger partial charge in [0.25, 0.3) is 0 Å². The molecule has 0 spiro atoms. The summed E-state index contributed by atoms with van der Waals surface area (Å²) >= 11 is 7.65. The van der Waals surface area contributed by atoms with Crippen molar-refractivity contribution in [3.8, 4) is 11.3 Å². The summed E-state index contributed by atoms with van der Waals surface area (Å²) in [5.74, 6) is 0.721. The minimum atomic E-state index is -0.344. The zero-order valence-electron chi connectivity index (χ0n) is 20.4. The summed E-state index contributed by atoms with van der Waals surface area (Å²) < 4.78 is 5.90. The van der Waals surface area contributed by atoms with Crippen molar-refractivity contribution in [2.75, 3.05) is 17.7 Å². The fourth-order valence-electron chi connectivity index (χ4n) is 4.93. The molecule has 2 heterocycles. The molecule has 1 aliphatic rings. The summed E-state index contributed by atoms with van der Waals surface area (Å²) in [4.78, 5) is 33.2. The maximum absolute atomic E-state index is 12.4. The maximum Gasteiger partial charge on any atom is 0.323 e. The first-order chi connectivity index (χ1) is 18.0. The van der Waals surface area contributed by atoms with Crippen LogP contribution in [0.25, 0.3) is 21.5 Å². The van der Waals surface area contributed by atoms with Crippen LogP contribution in [0.1, 0.15) is 43.6 Å².